The minimum absolute atomic E-state index is 0.0680. The molecule has 2 aromatic heterocycles. The Morgan fingerprint density at radius 1 is 1.20 bits per heavy atom. The zero-order valence-corrected chi connectivity index (χ0v) is 13.0. The predicted molar refractivity (Wildman–Crippen MR) is 78.6 cm³/mol. The van der Waals surface area contributed by atoms with Crippen molar-refractivity contribution in [2.75, 3.05) is 13.1 Å². The lowest BCUT2D eigenvalue weighted by Gasteiger charge is -2.31. The van der Waals surface area contributed by atoms with Gasteiger partial charge in [0.25, 0.3) is 5.91 Å². The van der Waals surface area contributed by atoms with E-state index in [0.29, 0.717) is 19.4 Å². The topological polar surface area (TPSA) is 81.1 Å². The SMILES string of the molecule is O=C(c1ncccn1)N1CCCC(Oc2nccc(C(F)(F)F)n2)C1. The van der Waals surface area contributed by atoms with Gasteiger partial charge in [0.1, 0.15) is 6.10 Å². The predicted octanol–water partition coefficient (Wildman–Crippen LogP) is 1.97. The van der Waals surface area contributed by atoms with E-state index in [0.717, 1.165) is 12.3 Å². The molecule has 1 unspecified atom stereocenters. The second kappa shape index (κ2) is 6.99. The van der Waals surface area contributed by atoms with Crippen LogP contribution in [0.2, 0.25) is 0 Å². The summed E-state index contributed by atoms with van der Waals surface area (Å²) in [5.74, 6) is -0.280. The summed E-state index contributed by atoms with van der Waals surface area (Å²) >= 11 is 0. The Bertz CT molecular complexity index is 741. The minimum Gasteiger partial charge on any atom is -0.458 e. The Morgan fingerprint density at radius 3 is 2.68 bits per heavy atom. The van der Waals surface area contributed by atoms with Crippen molar-refractivity contribution < 1.29 is 22.7 Å². The van der Waals surface area contributed by atoms with E-state index < -0.39 is 18.0 Å². The number of nitrogens with zero attached hydrogens (tertiary/aromatic N) is 5. The number of ether oxygens (including phenoxy) is 1. The van der Waals surface area contributed by atoms with Crippen molar-refractivity contribution >= 4 is 5.91 Å². The van der Waals surface area contributed by atoms with Gasteiger partial charge in [0.2, 0.25) is 5.82 Å². The number of alkyl halides is 3. The molecule has 1 amide bonds. The summed E-state index contributed by atoms with van der Waals surface area (Å²) < 4.78 is 43.5. The highest BCUT2D eigenvalue weighted by atomic mass is 19.4. The lowest BCUT2D eigenvalue weighted by molar-refractivity contribution is -0.141. The molecule has 1 aliphatic rings. The Kier molecular flexibility index (Phi) is 4.77. The lowest BCUT2D eigenvalue weighted by Crippen LogP contribution is -2.45. The molecule has 1 saturated heterocycles. The fourth-order valence-electron chi connectivity index (χ4n) is 2.47. The summed E-state index contributed by atoms with van der Waals surface area (Å²) in [4.78, 5) is 28.8. The van der Waals surface area contributed by atoms with Crippen LogP contribution < -0.4 is 4.74 Å². The van der Waals surface area contributed by atoms with Crippen LogP contribution in [0.5, 0.6) is 6.01 Å². The fourth-order valence-corrected chi connectivity index (χ4v) is 2.47. The molecule has 132 valence electrons. The molecule has 1 atom stereocenters. The standard InChI is InChI=1S/C15H14F3N5O2/c16-15(17,18)11-4-7-21-14(22-11)25-10-3-1-8-23(9-10)13(24)12-19-5-2-6-20-12/h2,4-7,10H,1,3,8-9H2. The number of piperidine rings is 1. The van der Waals surface area contributed by atoms with Crippen LogP contribution in [-0.4, -0.2) is 49.9 Å². The van der Waals surface area contributed by atoms with Gasteiger partial charge in [-0.1, -0.05) is 0 Å². The minimum atomic E-state index is -4.57. The first-order chi connectivity index (χ1) is 11.9. The molecule has 1 aliphatic heterocycles. The van der Waals surface area contributed by atoms with E-state index in [2.05, 4.69) is 19.9 Å². The molecule has 0 saturated carbocycles. The molecule has 25 heavy (non-hydrogen) atoms. The van der Waals surface area contributed by atoms with Crippen LogP contribution in [0.25, 0.3) is 0 Å². The largest absolute Gasteiger partial charge is 0.458 e. The van der Waals surface area contributed by atoms with Crippen molar-refractivity contribution in [3.8, 4) is 6.01 Å². The summed E-state index contributed by atoms with van der Waals surface area (Å²) in [5.41, 5.74) is -1.07. The quantitative estimate of drug-likeness (QED) is 0.839. The normalized spacial score (nSPS) is 18.0. The molecule has 3 rings (SSSR count). The number of hydrogen-bond donors (Lipinski definition) is 0. The molecule has 0 radical (unpaired) electrons. The molecule has 10 heteroatoms. The summed E-state index contributed by atoms with van der Waals surface area (Å²) in [6.45, 7) is 0.705. The summed E-state index contributed by atoms with van der Waals surface area (Å²) in [5, 5.41) is 0. The first-order valence-electron chi connectivity index (χ1n) is 7.56. The number of likely N-dealkylation sites (tertiary alicyclic amines) is 1. The first kappa shape index (κ1) is 17.1. The van der Waals surface area contributed by atoms with E-state index >= 15 is 0 Å². The van der Waals surface area contributed by atoms with Crippen LogP contribution in [0.3, 0.4) is 0 Å². The van der Waals surface area contributed by atoms with Crippen LogP contribution in [-0.2, 0) is 6.18 Å². The number of amides is 1. The third-order valence-electron chi connectivity index (χ3n) is 3.62. The lowest BCUT2D eigenvalue weighted by atomic mass is 10.1. The molecule has 2 aromatic rings. The van der Waals surface area contributed by atoms with E-state index in [9.17, 15) is 18.0 Å². The highest BCUT2D eigenvalue weighted by molar-refractivity contribution is 5.90. The third-order valence-corrected chi connectivity index (χ3v) is 3.62. The maximum atomic E-state index is 12.7. The highest BCUT2D eigenvalue weighted by Crippen LogP contribution is 2.28. The van der Waals surface area contributed by atoms with Crippen molar-refractivity contribution in [3.63, 3.8) is 0 Å². The van der Waals surface area contributed by atoms with Crippen LogP contribution in [0.15, 0.2) is 30.7 Å². The number of halogens is 3. The molecule has 0 spiro atoms. The maximum absolute atomic E-state index is 12.7. The Balaban J connectivity index is 1.67. The zero-order chi connectivity index (χ0) is 17.9. The van der Waals surface area contributed by atoms with Crippen molar-refractivity contribution in [2.24, 2.45) is 0 Å². The van der Waals surface area contributed by atoms with E-state index in [4.69, 9.17) is 4.74 Å². The number of rotatable bonds is 3. The van der Waals surface area contributed by atoms with Gasteiger partial charge in [-0.2, -0.15) is 18.2 Å². The smallest absolute Gasteiger partial charge is 0.433 e. The van der Waals surface area contributed by atoms with E-state index in [1.54, 1.807) is 6.07 Å². The van der Waals surface area contributed by atoms with Crippen molar-refractivity contribution in [3.05, 3.63) is 42.2 Å². The maximum Gasteiger partial charge on any atom is 0.433 e. The van der Waals surface area contributed by atoms with Crippen LogP contribution in [0.1, 0.15) is 29.2 Å². The Morgan fingerprint density at radius 2 is 1.96 bits per heavy atom. The molecular weight excluding hydrogens is 339 g/mol. The first-order valence-corrected chi connectivity index (χ1v) is 7.56. The van der Waals surface area contributed by atoms with Crippen LogP contribution >= 0.6 is 0 Å². The number of hydrogen-bond acceptors (Lipinski definition) is 6. The van der Waals surface area contributed by atoms with E-state index in [-0.39, 0.29) is 24.3 Å². The highest BCUT2D eigenvalue weighted by Gasteiger charge is 2.33. The third kappa shape index (κ3) is 4.20. The van der Waals surface area contributed by atoms with E-state index in [1.165, 1.54) is 17.3 Å². The van der Waals surface area contributed by atoms with Gasteiger partial charge in [-0.15, -0.1) is 0 Å². The van der Waals surface area contributed by atoms with Gasteiger partial charge in [0.15, 0.2) is 5.69 Å². The van der Waals surface area contributed by atoms with Crippen LogP contribution in [0.4, 0.5) is 13.2 Å². The molecule has 1 fully saturated rings. The van der Waals surface area contributed by atoms with Crippen molar-refractivity contribution in [1.29, 1.82) is 0 Å². The second-order valence-electron chi connectivity index (χ2n) is 5.43. The average Bonchev–Trinajstić information content (AvgIpc) is 2.61. The van der Waals surface area contributed by atoms with Gasteiger partial charge in [0, 0.05) is 25.1 Å². The van der Waals surface area contributed by atoms with Gasteiger partial charge in [-0.25, -0.2) is 15.0 Å². The van der Waals surface area contributed by atoms with Gasteiger partial charge >= 0.3 is 12.2 Å². The summed E-state index contributed by atoms with van der Waals surface area (Å²) in [6, 6.07) is 2.02. The second-order valence-corrected chi connectivity index (χ2v) is 5.43. The Labute approximate surface area is 140 Å². The average molecular weight is 353 g/mol. The number of aromatic nitrogens is 4. The summed E-state index contributed by atoms with van der Waals surface area (Å²) in [7, 11) is 0. The van der Waals surface area contributed by atoms with Gasteiger partial charge in [0.05, 0.1) is 6.54 Å². The van der Waals surface area contributed by atoms with Gasteiger partial charge in [-0.3, -0.25) is 4.79 Å². The van der Waals surface area contributed by atoms with E-state index in [1.807, 2.05) is 0 Å². The molecule has 0 bridgehead atoms. The molecule has 0 N–H and O–H groups in total. The van der Waals surface area contributed by atoms with Crippen molar-refractivity contribution in [2.45, 2.75) is 25.1 Å². The molecular formula is C15H14F3N5O2. The zero-order valence-electron chi connectivity index (χ0n) is 13.0. The Hall–Kier alpha value is -2.78. The molecule has 0 aliphatic carbocycles. The van der Waals surface area contributed by atoms with Crippen molar-refractivity contribution in [1.82, 2.24) is 24.8 Å². The van der Waals surface area contributed by atoms with Crippen LogP contribution in [0, 0.1) is 0 Å². The summed E-state index contributed by atoms with van der Waals surface area (Å²) in [6.07, 6.45) is 0.0874. The fraction of sp³-hybridized carbons (Fsp3) is 0.400. The number of carbonyl (C=O) groups excluding carboxylic acids is 1. The molecule has 7 nitrogen and oxygen atoms in total. The number of carbonyl (C=O) groups is 1. The monoisotopic (exact) mass is 353 g/mol. The van der Waals surface area contributed by atoms with Gasteiger partial charge < -0.3 is 9.64 Å². The van der Waals surface area contributed by atoms with Gasteiger partial charge in [-0.05, 0) is 25.0 Å². The molecule has 0 aromatic carbocycles. The molecule has 3 heterocycles.